The van der Waals surface area contributed by atoms with E-state index in [0.29, 0.717) is 23.6 Å². The van der Waals surface area contributed by atoms with E-state index in [2.05, 4.69) is 10.6 Å². The van der Waals surface area contributed by atoms with Gasteiger partial charge in [0.25, 0.3) is 5.91 Å². The van der Waals surface area contributed by atoms with Gasteiger partial charge in [0, 0.05) is 17.7 Å². The number of amides is 2. The van der Waals surface area contributed by atoms with Crippen LogP contribution in [0.2, 0.25) is 5.02 Å². The molecule has 3 aromatic rings. The molecule has 1 aliphatic carbocycles. The maximum atomic E-state index is 15.1. The van der Waals surface area contributed by atoms with Crippen LogP contribution in [0.3, 0.4) is 0 Å². The van der Waals surface area contributed by atoms with E-state index in [-0.39, 0.29) is 16.1 Å². The number of allylic oxidation sites excluding steroid dienone is 1. The Morgan fingerprint density at radius 2 is 1.57 bits per heavy atom. The van der Waals surface area contributed by atoms with Gasteiger partial charge in [-0.15, -0.1) is 23.2 Å². The van der Waals surface area contributed by atoms with E-state index in [1.54, 1.807) is 26.8 Å². The topological polar surface area (TPSA) is 88.7 Å². The molecule has 250 valence electrons. The zero-order valence-electron chi connectivity index (χ0n) is 24.5. The van der Waals surface area contributed by atoms with E-state index >= 15 is 4.39 Å². The second-order valence-electron chi connectivity index (χ2n) is 11.7. The molecular weight excluding hydrogens is 699 g/mol. The van der Waals surface area contributed by atoms with E-state index in [4.69, 9.17) is 44.3 Å². The largest absolute Gasteiger partial charge is 0.471 e. The fourth-order valence-corrected chi connectivity index (χ4v) is 5.95. The summed E-state index contributed by atoms with van der Waals surface area (Å²) in [5.74, 6) is -5.87. The lowest BCUT2D eigenvalue weighted by molar-refractivity contribution is -0.140. The van der Waals surface area contributed by atoms with Crippen molar-refractivity contribution in [1.29, 1.82) is 0 Å². The van der Waals surface area contributed by atoms with Gasteiger partial charge in [0.05, 0.1) is 27.8 Å². The second-order valence-corrected chi connectivity index (χ2v) is 13.5. The lowest BCUT2D eigenvalue weighted by Crippen LogP contribution is -2.30. The van der Waals surface area contributed by atoms with Crippen LogP contribution in [0.1, 0.15) is 48.2 Å². The quantitative estimate of drug-likeness (QED) is 0.167. The Balaban J connectivity index is 1.26. The highest BCUT2D eigenvalue weighted by Crippen LogP contribution is 2.69. The van der Waals surface area contributed by atoms with E-state index in [1.165, 1.54) is 24.3 Å². The average molecular weight is 723 g/mol. The van der Waals surface area contributed by atoms with Crippen LogP contribution < -0.4 is 16.0 Å². The monoisotopic (exact) mass is 721 g/mol. The lowest BCUT2D eigenvalue weighted by Gasteiger charge is -2.29. The van der Waals surface area contributed by atoms with Crippen molar-refractivity contribution in [3.63, 3.8) is 0 Å². The number of alkyl halides is 5. The standard InChI is InChI=1S/C31H24Cl3F6N3O4/c1-29(2,3)47-28(45)43-26-19(36)8-9-20(25(26)37)42-27(44)15-11-14(5-6-17(15)32)41-22-12-21(46-22)24-23(30(24,33)34)13-4-7-18(35)16(10-13)31(38,39)40/h4-12,22-24,41H,1-3H3,(H,42,44)(H,43,45)/t22?,23-,24-/m1/s1. The number of anilines is 3. The van der Waals surface area contributed by atoms with E-state index < -0.39 is 80.6 Å². The molecule has 1 unspecified atom stereocenters. The number of hydrogen-bond donors (Lipinski definition) is 3. The molecule has 2 aliphatic rings. The maximum Gasteiger partial charge on any atom is 0.419 e. The number of nitrogens with one attached hydrogen (secondary N) is 3. The zero-order chi connectivity index (χ0) is 34.6. The first kappa shape index (κ1) is 34.5. The zero-order valence-corrected chi connectivity index (χ0v) is 26.7. The highest BCUT2D eigenvalue weighted by molar-refractivity contribution is 6.52. The van der Waals surface area contributed by atoms with Crippen molar-refractivity contribution in [3.8, 4) is 0 Å². The molecule has 3 N–H and O–H groups in total. The molecule has 0 radical (unpaired) electrons. The molecule has 1 aliphatic heterocycles. The first-order valence-corrected chi connectivity index (χ1v) is 14.9. The highest BCUT2D eigenvalue weighted by atomic mass is 35.5. The Hall–Kier alpha value is -3.81. The van der Waals surface area contributed by atoms with Crippen LogP contribution in [-0.4, -0.2) is 28.2 Å². The number of hydrogen-bond acceptors (Lipinski definition) is 5. The summed E-state index contributed by atoms with van der Waals surface area (Å²) in [6.45, 7) is 4.70. The number of halogens is 9. The Labute approximate surface area is 279 Å². The molecule has 47 heavy (non-hydrogen) atoms. The molecule has 2 amide bonds. The van der Waals surface area contributed by atoms with Crippen molar-refractivity contribution >= 4 is 63.9 Å². The van der Waals surface area contributed by atoms with Crippen LogP contribution in [-0.2, 0) is 15.7 Å². The molecule has 3 atom stereocenters. The van der Waals surface area contributed by atoms with Gasteiger partial charge in [0.15, 0.2) is 12.0 Å². The average Bonchev–Trinajstić information content (AvgIpc) is 3.49. The Morgan fingerprint density at radius 1 is 0.915 bits per heavy atom. The first-order valence-electron chi connectivity index (χ1n) is 13.7. The minimum Gasteiger partial charge on any atom is -0.471 e. The van der Waals surface area contributed by atoms with Crippen molar-refractivity contribution < 1.29 is 45.4 Å². The summed E-state index contributed by atoms with van der Waals surface area (Å²) >= 11 is 18.9. The number of carbonyl (C=O) groups is 2. The fourth-order valence-electron chi connectivity index (χ4n) is 4.91. The number of ether oxygens (including phenoxy) is 2. The SMILES string of the molecule is CC(C)(C)OC(=O)Nc1c(F)ccc(NC(=O)c2cc(NC3C=C([C@@H]4[C@@H](c5ccc(F)c(C(F)(F)F)c5)C4(Cl)Cl)O3)ccc2Cl)c1F. The van der Waals surface area contributed by atoms with E-state index in [0.717, 1.165) is 12.1 Å². The van der Waals surface area contributed by atoms with Crippen LogP contribution >= 0.6 is 34.8 Å². The predicted octanol–water partition coefficient (Wildman–Crippen LogP) is 9.61. The molecule has 7 nitrogen and oxygen atoms in total. The van der Waals surface area contributed by atoms with Crippen LogP contribution in [0.15, 0.2) is 60.4 Å². The van der Waals surface area contributed by atoms with Crippen molar-refractivity contribution in [2.45, 2.75) is 49.0 Å². The predicted molar refractivity (Wildman–Crippen MR) is 164 cm³/mol. The molecule has 16 heteroatoms. The molecule has 0 spiro atoms. The van der Waals surface area contributed by atoms with Gasteiger partial charge < -0.3 is 20.1 Å². The Kier molecular flexibility index (Phi) is 9.06. The van der Waals surface area contributed by atoms with Crippen LogP contribution in [0.4, 0.5) is 48.2 Å². The first-order chi connectivity index (χ1) is 21.8. The summed E-state index contributed by atoms with van der Waals surface area (Å²) < 4.78 is 92.1. The summed E-state index contributed by atoms with van der Waals surface area (Å²) in [6, 6.07) is 8.59. The number of carbonyl (C=O) groups excluding carboxylic acids is 2. The van der Waals surface area contributed by atoms with Gasteiger partial charge in [0.1, 0.15) is 33.0 Å². The van der Waals surface area contributed by atoms with Crippen LogP contribution in [0, 0.1) is 23.4 Å². The summed E-state index contributed by atoms with van der Waals surface area (Å²) in [7, 11) is 0. The number of rotatable bonds is 7. The minimum atomic E-state index is -4.91. The van der Waals surface area contributed by atoms with Crippen molar-refractivity contribution in [3.05, 3.63) is 99.5 Å². The summed E-state index contributed by atoms with van der Waals surface area (Å²) in [5.41, 5.74) is -3.35. The molecular formula is C31H24Cl3F6N3O4. The lowest BCUT2D eigenvalue weighted by atomic mass is 10.0. The Morgan fingerprint density at radius 3 is 2.21 bits per heavy atom. The van der Waals surface area contributed by atoms with Gasteiger partial charge in [0.2, 0.25) is 0 Å². The third-order valence-corrected chi connectivity index (χ3v) is 8.35. The molecule has 5 rings (SSSR count). The van der Waals surface area contributed by atoms with Gasteiger partial charge >= 0.3 is 12.3 Å². The highest BCUT2D eigenvalue weighted by Gasteiger charge is 2.67. The third kappa shape index (κ3) is 7.37. The molecule has 0 bridgehead atoms. The molecule has 0 aromatic heterocycles. The smallest absolute Gasteiger partial charge is 0.419 e. The van der Waals surface area contributed by atoms with Gasteiger partial charge in [-0.3, -0.25) is 10.1 Å². The fraction of sp³-hybridized carbons (Fsp3) is 0.290. The summed E-state index contributed by atoms with van der Waals surface area (Å²) in [5, 5.41) is 7.23. The van der Waals surface area contributed by atoms with Crippen molar-refractivity contribution in [2.24, 2.45) is 5.92 Å². The maximum absolute atomic E-state index is 15.1. The minimum absolute atomic E-state index is 0.0131. The number of benzene rings is 3. The second kappa shape index (κ2) is 12.3. The van der Waals surface area contributed by atoms with E-state index in [9.17, 15) is 31.5 Å². The van der Waals surface area contributed by atoms with Gasteiger partial charge in [-0.05, 0) is 68.8 Å². The normalized spacial score (nSPS) is 19.9. The van der Waals surface area contributed by atoms with Gasteiger partial charge in [-0.25, -0.2) is 18.0 Å². The molecule has 0 saturated heterocycles. The van der Waals surface area contributed by atoms with Crippen LogP contribution in [0.5, 0.6) is 0 Å². The summed E-state index contributed by atoms with van der Waals surface area (Å²) in [6.07, 6.45) is -5.19. The Bertz CT molecular complexity index is 1800. The molecule has 3 aromatic carbocycles. The van der Waals surface area contributed by atoms with Gasteiger partial charge in [-0.1, -0.05) is 17.7 Å². The summed E-state index contributed by atoms with van der Waals surface area (Å²) in [4.78, 5) is 25.1. The molecule has 1 fully saturated rings. The van der Waals surface area contributed by atoms with E-state index in [1.807, 2.05) is 5.32 Å². The van der Waals surface area contributed by atoms with Crippen LogP contribution in [0.25, 0.3) is 0 Å². The molecule has 1 heterocycles. The van der Waals surface area contributed by atoms with Crippen molar-refractivity contribution in [1.82, 2.24) is 0 Å². The third-order valence-electron chi connectivity index (χ3n) is 7.08. The van der Waals surface area contributed by atoms with Crippen molar-refractivity contribution in [2.75, 3.05) is 16.0 Å². The van der Waals surface area contributed by atoms with Gasteiger partial charge in [-0.2, -0.15) is 13.2 Å². The molecule has 1 saturated carbocycles.